The number of ether oxygens (including phenoxy) is 1. The molecule has 2 N–H and O–H groups in total. The first-order valence-corrected chi connectivity index (χ1v) is 5.13. The summed E-state index contributed by atoms with van der Waals surface area (Å²) in [6.45, 7) is 0.119. The molecule has 1 aromatic carbocycles. The van der Waals surface area contributed by atoms with Crippen LogP contribution in [-0.4, -0.2) is 28.8 Å². The number of H-pyrrole nitrogens is 1. The molecule has 2 aromatic rings. The number of hydrogen-bond donors (Lipinski definition) is 2. The number of aromatic nitrogens is 2. The third kappa shape index (κ3) is 2.06. The van der Waals surface area contributed by atoms with Crippen molar-refractivity contribution in [2.75, 3.05) is 13.7 Å². The summed E-state index contributed by atoms with van der Waals surface area (Å²) < 4.78 is 5.26. The molecule has 0 unspecified atom stereocenters. The van der Waals surface area contributed by atoms with Gasteiger partial charge in [-0.1, -0.05) is 12.1 Å². The van der Waals surface area contributed by atoms with E-state index in [9.17, 15) is 0 Å². The van der Waals surface area contributed by atoms with Crippen LogP contribution in [0.15, 0.2) is 30.5 Å². The molecule has 0 amide bonds. The van der Waals surface area contributed by atoms with E-state index in [1.54, 1.807) is 13.3 Å². The van der Waals surface area contributed by atoms with Crippen LogP contribution in [0, 0.1) is 0 Å². The average Bonchev–Trinajstić information content (AvgIpc) is 2.78. The van der Waals surface area contributed by atoms with Crippen LogP contribution in [0.5, 0.6) is 5.75 Å². The van der Waals surface area contributed by atoms with Gasteiger partial charge in [-0.15, -0.1) is 0 Å². The molecule has 16 heavy (non-hydrogen) atoms. The maximum Gasteiger partial charge on any atom is 0.141 e. The molecule has 4 heteroatoms. The van der Waals surface area contributed by atoms with Crippen molar-refractivity contribution in [1.29, 1.82) is 0 Å². The molecule has 0 fully saturated rings. The van der Waals surface area contributed by atoms with E-state index >= 15 is 0 Å². The number of aliphatic hydroxyl groups is 1. The zero-order valence-corrected chi connectivity index (χ0v) is 9.10. The molecule has 84 valence electrons. The van der Waals surface area contributed by atoms with Crippen molar-refractivity contribution in [1.82, 2.24) is 9.97 Å². The molecule has 0 aliphatic rings. The Balaban J connectivity index is 2.34. The lowest BCUT2D eigenvalue weighted by atomic mass is 10.2. The van der Waals surface area contributed by atoms with Crippen molar-refractivity contribution >= 4 is 0 Å². The van der Waals surface area contributed by atoms with Gasteiger partial charge in [0.1, 0.15) is 11.6 Å². The van der Waals surface area contributed by atoms with Gasteiger partial charge in [0, 0.05) is 24.9 Å². The number of hydrogen-bond acceptors (Lipinski definition) is 3. The molecule has 0 atom stereocenters. The van der Waals surface area contributed by atoms with Gasteiger partial charge in [-0.2, -0.15) is 0 Å². The summed E-state index contributed by atoms with van der Waals surface area (Å²) in [5.74, 6) is 1.55. The van der Waals surface area contributed by atoms with Crippen molar-refractivity contribution in [2.24, 2.45) is 0 Å². The van der Waals surface area contributed by atoms with Gasteiger partial charge in [0.15, 0.2) is 0 Å². The zero-order chi connectivity index (χ0) is 11.4. The molecule has 0 aliphatic carbocycles. The van der Waals surface area contributed by atoms with E-state index in [1.165, 1.54) is 0 Å². The Labute approximate surface area is 93.9 Å². The summed E-state index contributed by atoms with van der Waals surface area (Å²) in [6.07, 6.45) is 2.32. The van der Waals surface area contributed by atoms with Gasteiger partial charge in [0.2, 0.25) is 0 Å². The Morgan fingerprint density at radius 1 is 1.38 bits per heavy atom. The first kappa shape index (κ1) is 10.7. The number of para-hydroxylation sites is 1. The highest BCUT2D eigenvalue weighted by atomic mass is 16.5. The Morgan fingerprint density at radius 2 is 2.19 bits per heavy atom. The highest BCUT2D eigenvalue weighted by Crippen LogP contribution is 2.26. The molecule has 2 rings (SSSR count). The molecule has 0 radical (unpaired) electrons. The maximum absolute atomic E-state index is 8.83. The topological polar surface area (TPSA) is 58.1 Å². The number of aliphatic hydroxyl groups excluding tert-OH is 1. The number of nitrogens with one attached hydrogen (secondary N) is 1. The van der Waals surface area contributed by atoms with Crippen LogP contribution >= 0.6 is 0 Å². The van der Waals surface area contributed by atoms with Crippen LogP contribution in [0.4, 0.5) is 0 Å². The van der Waals surface area contributed by atoms with E-state index < -0.39 is 0 Å². The van der Waals surface area contributed by atoms with Crippen molar-refractivity contribution in [3.8, 4) is 17.1 Å². The van der Waals surface area contributed by atoms with Crippen LogP contribution in [-0.2, 0) is 6.42 Å². The van der Waals surface area contributed by atoms with E-state index in [1.807, 2.05) is 24.3 Å². The van der Waals surface area contributed by atoms with Crippen molar-refractivity contribution in [3.05, 3.63) is 36.2 Å². The van der Waals surface area contributed by atoms with Crippen LogP contribution in [0.1, 0.15) is 5.69 Å². The van der Waals surface area contributed by atoms with E-state index in [0.717, 1.165) is 22.8 Å². The smallest absolute Gasteiger partial charge is 0.141 e. The summed E-state index contributed by atoms with van der Waals surface area (Å²) in [7, 11) is 1.64. The summed E-state index contributed by atoms with van der Waals surface area (Å²) in [5.41, 5.74) is 1.84. The van der Waals surface area contributed by atoms with Gasteiger partial charge in [-0.25, -0.2) is 4.98 Å². The van der Waals surface area contributed by atoms with Crippen LogP contribution in [0.25, 0.3) is 11.4 Å². The molecule has 4 nitrogen and oxygen atoms in total. The normalized spacial score (nSPS) is 10.4. The fourth-order valence-electron chi connectivity index (χ4n) is 1.58. The molecule has 0 saturated carbocycles. The van der Waals surface area contributed by atoms with E-state index in [-0.39, 0.29) is 6.61 Å². The minimum absolute atomic E-state index is 0.119. The van der Waals surface area contributed by atoms with Crippen molar-refractivity contribution in [2.45, 2.75) is 6.42 Å². The quantitative estimate of drug-likeness (QED) is 0.819. The Kier molecular flexibility index (Phi) is 3.22. The predicted octanol–water partition coefficient (Wildman–Crippen LogP) is 1.62. The summed E-state index contributed by atoms with van der Waals surface area (Å²) in [5, 5.41) is 8.83. The van der Waals surface area contributed by atoms with Crippen LogP contribution in [0.2, 0.25) is 0 Å². The van der Waals surface area contributed by atoms with Gasteiger partial charge in [-0.3, -0.25) is 0 Å². The lowest BCUT2D eigenvalue weighted by Crippen LogP contribution is -1.91. The second-order valence-electron chi connectivity index (χ2n) is 3.43. The number of aromatic amines is 1. The molecular formula is C12H14N2O2. The van der Waals surface area contributed by atoms with Gasteiger partial charge in [0.05, 0.1) is 12.7 Å². The van der Waals surface area contributed by atoms with E-state index in [0.29, 0.717) is 6.42 Å². The second kappa shape index (κ2) is 4.81. The first-order valence-electron chi connectivity index (χ1n) is 5.13. The second-order valence-corrected chi connectivity index (χ2v) is 3.43. The highest BCUT2D eigenvalue weighted by Gasteiger charge is 2.08. The standard InChI is InChI=1S/C12H14N2O2/c1-16-11-5-3-2-4-10(11)12-13-8-9(14-12)6-7-15/h2-5,8,15H,6-7H2,1H3,(H,13,14). The number of benzene rings is 1. The molecular weight excluding hydrogens is 204 g/mol. The summed E-state index contributed by atoms with van der Waals surface area (Å²) in [4.78, 5) is 7.42. The molecule has 0 aliphatic heterocycles. The maximum atomic E-state index is 8.83. The third-order valence-electron chi connectivity index (χ3n) is 2.37. The number of methoxy groups -OCH3 is 1. The fourth-order valence-corrected chi connectivity index (χ4v) is 1.58. The summed E-state index contributed by atoms with van der Waals surface area (Å²) >= 11 is 0. The average molecular weight is 218 g/mol. The monoisotopic (exact) mass is 218 g/mol. The first-order chi connectivity index (χ1) is 7.85. The Bertz CT molecular complexity index is 466. The Morgan fingerprint density at radius 3 is 2.94 bits per heavy atom. The number of nitrogens with zero attached hydrogens (tertiary/aromatic N) is 1. The van der Waals surface area contributed by atoms with Gasteiger partial charge in [-0.05, 0) is 12.1 Å². The van der Waals surface area contributed by atoms with E-state index in [2.05, 4.69) is 9.97 Å². The van der Waals surface area contributed by atoms with Crippen molar-refractivity contribution in [3.63, 3.8) is 0 Å². The molecule has 1 aromatic heterocycles. The zero-order valence-electron chi connectivity index (χ0n) is 9.10. The van der Waals surface area contributed by atoms with Gasteiger partial charge in [0.25, 0.3) is 0 Å². The van der Waals surface area contributed by atoms with Crippen LogP contribution in [0.3, 0.4) is 0 Å². The highest BCUT2D eigenvalue weighted by molar-refractivity contribution is 5.64. The third-order valence-corrected chi connectivity index (χ3v) is 2.37. The summed E-state index contributed by atoms with van der Waals surface area (Å²) in [6, 6.07) is 7.69. The number of rotatable bonds is 4. The Hall–Kier alpha value is -1.81. The van der Waals surface area contributed by atoms with Gasteiger partial charge < -0.3 is 14.8 Å². The molecule has 0 spiro atoms. The minimum Gasteiger partial charge on any atom is -0.496 e. The van der Waals surface area contributed by atoms with E-state index in [4.69, 9.17) is 9.84 Å². The fraction of sp³-hybridized carbons (Fsp3) is 0.250. The predicted molar refractivity (Wildman–Crippen MR) is 61.4 cm³/mol. The lowest BCUT2D eigenvalue weighted by Gasteiger charge is -2.04. The number of imidazole rings is 1. The molecule has 0 saturated heterocycles. The molecule has 1 heterocycles. The largest absolute Gasteiger partial charge is 0.496 e. The SMILES string of the molecule is COc1ccccc1-c1ncc(CCO)[nH]1. The molecule has 0 bridgehead atoms. The van der Waals surface area contributed by atoms with Crippen LogP contribution < -0.4 is 4.74 Å². The lowest BCUT2D eigenvalue weighted by molar-refractivity contribution is 0.298. The minimum atomic E-state index is 0.119. The van der Waals surface area contributed by atoms with Crippen molar-refractivity contribution < 1.29 is 9.84 Å². The van der Waals surface area contributed by atoms with Gasteiger partial charge >= 0.3 is 0 Å².